The van der Waals surface area contributed by atoms with Gasteiger partial charge in [-0.05, 0) is 25.7 Å². The summed E-state index contributed by atoms with van der Waals surface area (Å²) >= 11 is 3.46. The molecule has 0 amide bonds. The fourth-order valence-electron chi connectivity index (χ4n) is 2.68. The molecule has 2 atom stereocenters. The summed E-state index contributed by atoms with van der Waals surface area (Å²) in [6, 6.07) is 1.75. The average Bonchev–Trinajstić information content (AvgIpc) is 2.30. The molecule has 2 aliphatic heterocycles. The van der Waals surface area contributed by atoms with Crippen molar-refractivity contribution in [2.75, 3.05) is 6.54 Å². The second kappa shape index (κ2) is 3.51. The zero-order valence-electron chi connectivity index (χ0n) is 7.43. The predicted molar refractivity (Wildman–Crippen MR) is 55.4 cm³/mol. The molecule has 0 saturated carbocycles. The molecule has 0 N–H and O–H groups in total. The molecule has 0 aromatic heterocycles. The summed E-state index contributed by atoms with van der Waals surface area (Å²) in [6.07, 6.45) is 7.12. The van der Waals surface area contributed by atoms with Crippen molar-refractivity contribution in [3.63, 3.8) is 0 Å². The molecule has 2 aliphatic rings. The van der Waals surface area contributed by atoms with Crippen molar-refractivity contribution in [3.8, 4) is 0 Å². The zero-order chi connectivity index (χ0) is 8.55. The standard InChI is InChI=1S/C10H16BrN/c1-8(11)7-12-9-3-2-4-10(12)6-5-9/h9-10H,1-7H2. The smallest absolute Gasteiger partial charge is 0.0299 e. The van der Waals surface area contributed by atoms with Gasteiger partial charge in [-0.15, -0.1) is 0 Å². The molecule has 68 valence electrons. The Labute approximate surface area is 82.9 Å². The van der Waals surface area contributed by atoms with Gasteiger partial charge in [0, 0.05) is 23.1 Å². The maximum Gasteiger partial charge on any atom is 0.0299 e. The molecule has 12 heavy (non-hydrogen) atoms. The highest BCUT2D eigenvalue weighted by Gasteiger charge is 2.35. The lowest BCUT2D eigenvalue weighted by molar-refractivity contribution is 0.157. The topological polar surface area (TPSA) is 3.24 Å². The Morgan fingerprint density at radius 3 is 2.33 bits per heavy atom. The molecule has 0 radical (unpaired) electrons. The van der Waals surface area contributed by atoms with Crippen LogP contribution in [0.25, 0.3) is 0 Å². The van der Waals surface area contributed by atoms with Gasteiger partial charge in [-0.25, -0.2) is 0 Å². The molecule has 2 unspecified atom stereocenters. The molecule has 2 heterocycles. The van der Waals surface area contributed by atoms with Gasteiger partial charge < -0.3 is 0 Å². The average molecular weight is 230 g/mol. The van der Waals surface area contributed by atoms with E-state index in [1.165, 1.54) is 32.1 Å². The third-order valence-corrected chi connectivity index (χ3v) is 3.45. The summed E-state index contributed by atoms with van der Waals surface area (Å²) in [6.45, 7) is 4.99. The van der Waals surface area contributed by atoms with Gasteiger partial charge in [0.2, 0.25) is 0 Å². The minimum Gasteiger partial charge on any atom is -0.293 e. The van der Waals surface area contributed by atoms with Gasteiger partial charge in [-0.2, -0.15) is 0 Å². The van der Waals surface area contributed by atoms with Crippen LogP contribution in [0, 0.1) is 0 Å². The SMILES string of the molecule is C=C(Br)CN1C2CCCC1CC2. The fourth-order valence-corrected chi connectivity index (χ4v) is 2.97. The van der Waals surface area contributed by atoms with E-state index in [1.807, 2.05) is 0 Å². The van der Waals surface area contributed by atoms with E-state index in [-0.39, 0.29) is 0 Å². The van der Waals surface area contributed by atoms with Crippen LogP contribution in [0.2, 0.25) is 0 Å². The summed E-state index contributed by atoms with van der Waals surface area (Å²) in [4.78, 5) is 2.64. The maximum atomic E-state index is 3.92. The molecule has 0 aromatic rings. The van der Waals surface area contributed by atoms with Crippen LogP contribution in [-0.4, -0.2) is 23.5 Å². The van der Waals surface area contributed by atoms with Crippen molar-refractivity contribution < 1.29 is 0 Å². The molecule has 2 fully saturated rings. The first kappa shape index (κ1) is 8.76. The van der Waals surface area contributed by atoms with Gasteiger partial charge in [-0.1, -0.05) is 28.9 Å². The van der Waals surface area contributed by atoms with Crippen LogP contribution in [-0.2, 0) is 0 Å². The van der Waals surface area contributed by atoms with Crippen LogP contribution in [0.15, 0.2) is 11.1 Å². The molecular weight excluding hydrogens is 214 g/mol. The van der Waals surface area contributed by atoms with E-state index in [0.29, 0.717) is 0 Å². The minimum absolute atomic E-state index is 0.873. The lowest BCUT2D eigenvalue weighted by Crippen LogP contribution is -2.40. The molecule has 1 nitrogen and oxygen atoms in total. The van der Waals surface area contributed by atoms with Crippen LogP contribution < -0.4 is 0 Å². The third kappa shape index (κ3) is 1.60. The Kier molecular flexibility index (Phi) is 2.56. The first-order valence-electron chi connectivity index (χ1n) is 4.86. The second-order valence-corrected chi connectivity index (χ2v) is 5.13. The Morgan fingerprint density at radius 2 is 1.83 bits per heavy atom. The van der Waals surface area contributed by atoms with Crippen molar-refractivity contribution in [2.45, 2.75) is 44.2 Å². The normalized spacial score (nSPS) is 35.4. The van der Waals surface area contributed by atoms with E-state index >= 15 is 0 Å². The van der Waals surface area contributed by atoms with Gasteiger partial charge in [0.1, 0.15) is 0 Å². The van der Waals surface area contributed by atoms with Crippen molar-refractivity contribution in [1.82, 2.24) is 4.90 Å². The summed E-state index contributed by atoms with van der Waals surface area (Å²) in [7, 11) is 0. The predicted octanol–water partition coefficient (Wildman–Crippen LogP) is 2.91. The summed E-state index contributed by atoms with van der Waals surface area (Å²) in [5, 5.41) is 0. The fraction of sp³-hybridized carbons (Fsp3) is 0.800. The lowest BCUT2D eigenvalue weighted by Gasteiger charge is -2.34. The van der Waals surface area contributed by atoms with Crippen molar-refractivity contribution in [3.05, 3.63) is 11.1 Å². The number of fused-ring (bicyclic) bond motifs is 2. The van der Waals surface area contributed by atoms with E-state index in [9.17, 15) is 0 Å². The third-order valence-electron chi connectivity index (χ3n) is 3.20. The minimum atomic E-state index is 0.873. The molecule has 0 spiro atoms. The van der Waals surface area contributed by atoms with Gasteiger partial charge in [0.15, 0.2) is 0 Å². The highest BCUT2D eigenvalue weighted by molar-refractivity contribution is 9.11. The monoisotopic (exact) mass is 229 g/mol. The van der Waals surface area contributed by atoms with Gasteiger partial charge in [-0.3, -0.25) is 4.90 Å². The van der Waals surface area contributed by atoms with E-state index < -0.39 is 0 Å². The molecular formula is C10H16BrN. The van der Waals surface area contributed by atoms with Crippen LogP contribution in [0.3, 0.4) is 0 Å². The highest BCUT2D eigenvalue weighted by Crippen LogP contribution is 2.35. The van der Waals surface area contributed by atoms with Gasteiger partial charge in [0.25, 0.3) is 0 Å². The van der Waals surface area contributed by atoms with Crippen molar-refractivity contribution >= 4 is 15.9 Å². The summed E-state index contributed by atoms with van der Waals surface area (Å²) in [5.41, 5.74) is 0. The number of hydrogen-bond donors (Lipinski definition) is 0. The Bertz CT molecular complexity index is 174. The molecule has 2 bridgehead atoms. The largest absolute Gasteiger partial charge is 0.293 e. The molecule has 2 heteroatoms. The van der Waals surface area contributed by atoms with E-state index in [2.05, 4.69) is 27.4 Å². The number of piperidine rings is 1. The van der Waals surface area contributed by atoms with Crippen LogP contribution in [0.4, 0.5) is 0 Å². The quantitative estimate of drug-likeness (QED) is 0.705. The number of rotatable bonds is 2. The first-order chi connectivity index (χ1) is 5.77. The summed E-state index contributed by atoms with van der Waals surface area (Å²) < 4.78 is 1.14. The Morgan fingerprint density at radius 1 is 1.25 bits per heavy atom. The number of nitrogens with zero attached hydrogens (tertiary/aromatic N) is 1. The molecule has 0 aromatic carbocycles. The first-order valence-corrected chi connectivity index (χ1v) is 5.65. The van der Waals surface area contributed by atoms with Crippen molar-refractivity contribution in [1.29, 1.82) is 0 Å². The Hall–Kier alpha value is 0.180. The van der Waals surface area contributed by atoms with Crippen LogP contribution in [0.1, 0.15) is 32.1 Å². The molecule has 2 saturated heterocycles. The van der Waals surface area contributed by atoms with Crippen LogP contribution >= 0.6 is 15.9 Å². The van der Waals surface area contributed by atoms with Crippen LogP contribution in [0.5, 0.6) is 0 Å². The van der Waals surface area contributed by atoms with Crippen molar-refractivity contribution in [2.24, 2.45) is 0 Å². The maximum absolute atomic E-state index is 3.92. The summed E-state index contributed by atoms with van der Waals surface area (Å²) in [5.74, 6) is 0. The zero-order valence-corrected chi connectivity index (χ0v) is 9.02. The number of hydrogen-bond acceptors (Lipinski definition) is 1. The van der Waals surface area contributed by atoms with Gasteiger partial charge >= 0.3 is 0 Å². The van der Waals surface area contributed by atoms with E-state index in [0.717, 1.165) is 23.1 Å². The molecule has 2 rings (SSSR count). The Balaban J connectivity index is 2.00. The second-order valence-electron chi connectivity index (χ2n) is 4.01. The van der Waals surface area contributed by atoms with Gasteiger partial charge in [0.05, 0.1) is 0 Å². The van der Waals surface area contributed by atoms with E-state index in [4.69, 9.17) is 0 Å². The number of halogens is 1. The lowest BCUT2D eigenvalue weighted by atomic mass is 10.0. The molecule has 0 aliphatic carbocycles. The highest BCUT2D eigenvalue weighted by atomic mass is 79.9. The van der Waals surface area contributed by atoms with E-state index in [1.54, 1.807) is 0 Å².